The molecule has 0 saturated carbocycles. The highest BCUT2D eigenvalue weighted by atomic mass is 16.6. The molecule has 0 aromatic heterocycles. The predicted octanol–water partition coefficient (Wildman–Crippen LogP) is 4.38. The Bertz CT molecular complexity index is 1070. The molecule has 0 radical (unpaired) electrons. The Morgan fingerprint density at radius 2 is 1.97 bits per heavy atom. The molecule has 0 aliphatic carbocycles. The first kappa shape index (κ1) is 21.2. The second-order valence-corrected chi connectivity index (χ2v) is 9.06. The van der Waals surface area contributed by atoms with Gasteiger partial charge in [-0.1, -0.05) is 17.7 Å². The van der Waals surface area contributed by atoms with E-state index in [9.17, 15) is 15.0 Å². The number of fused-ring (bicyclic) bond motifs is 2. The zero-order chi connectivity index (χ0) is 22.5. The first-order chi connectivity index (χ1) is 14.6. The molecule has 164 valence electrons. The van der Waals surface area contributed by atoms with Gasteiger partial charge in [-0.2, -0.15) is 0 Å². The quantitative estimate of drug-likeness (QED) is 0.560. The number of allylic oxidation sites excluding steroid dienone is 2. The molecule has 0 unspecified atom stereocenters. The third-order valence-corrected chi connectivity index (χ3v) is 5.68. The third-order valence-electron chi connectivity index (χ3n) is 5.68. The molecule has 6 nitrogen and oxygen atoms in total. The molecule has 2 atom stereocenters. The number of phenolic OH excluding ortho intramolecular Hbond substituents is 1. The van der Waals surface area contributed by atoms with Crippen molar-refractivity contribution in [3.05, 3.63) is 63.7 Å². The Labute approximate surface area is 182 Å². The van der Waals surface area contributed by atoms with E-state index in [1.165, 1.54) is 6.07 Å². The van der Waals surface area contributed by atoms with E-state index in [1.54, 1.807) is 13.8 Å². The molecule has 2 aliphatic rings. The van der Waals surface area contributed by atoms with Gasteiger partial charge < -0.3 is 24.4 Å². The van der Waals surface area contributed by atoms with Gasteiger partial charge in [-0.05, 0) is 70.4 Å². The van der Waals surface area contributed by atoms with Crippen molar-refractivity contribution in [2.24, 2.45) is 0 Å². The fourth-order valence-electron chi connectivity index (χ4n) is 3.99. The first-order valence-corrected chi connectivity index (χ1v) is 10.4. The number of esters is 1. The number of hydrogen-bond acceptors (Lipinski definition) is 6. The molecule has 6 heteroatoms. The molecule has 2 N–H and O–H groups in total. The third kappa shape index (κ3) is 3.88. The molecule has 31 heavy (non-hydrogen) atoms. The zero-order valence-corrected chi connectivity index (χ0v) is 18.5. The fraction of sp³-hybridized carbons (Fsp3) is 0.400. The number of ether oxygens (including phenoxy) is 3. The highest BCUT2D eigenvalue weighted by Crippen LogP contribution is 2.49. The second kappa shape index (κ2) is 7.61. The van der Waals surface area contributed by atoms with Crippen LogP contribution in [0.25, 0.3) is 0 Å². The van der Waals surface area contributed by atoms with Crippen LogP contribution in [0.3, 0.4) is 0 Å². The van der Waals surface area contributed by atoms with Crippen molar-refractivity contribution in [3.63, 3.8) is 0 Å². The number of carbonyl (C=O) groups is 1. The lowest BCUT2D eigenvalue weighted by atomic mass is 9.90. The normalized spacial score (nSPS) is 19.6. The van der Waals surface area contributed by atoms with E-state index in [1.807, 2.05) is 39.0 Å². The van der Waals surface area contributed by atoms with Gasteiger partial charge in [0.25, 0.3) is 0 Å². The van der Waals surface area contributed by atoms with Crippen molar-refractivity contribution in [1.82, 2.24) is 0 Å². The van der Waals surface area contributed by atoms with Crippen LogP contribution in [0.15, 0.2) is 35.9 Å². The summed E-state index contributed by atoms with van der Waals surface area (Å²) in [6.45, 7) is 9.50. The van der Waals surface area contributed by atoms with Gasteiger partial charge in [-0.25, -0.2) is 4.79 Å². The Kier molecular flexibility index (Phi) is 5.21. The standard InChI is InChI=1S/C25H28O6/c1-13(2)6-7-15-8-9-17(26)21-20(15)23(31-24(21)27)16-10-14(3)11-18-22(16)30-19(12-29-18)25(4,5)28/h6,8-11,19,23,26,28H,7,12H2,1-5H3/t19-,23-/m0/s1. The Balaban J connectivity index is 1.87. The summed E-state index contributed by atoms with van der Waals surface area (Å²) in [6.07, 6.45) is 1.36. The van der Waals surface area contributed by atoms with Crippen LogP contribution in [0, 0.1) is 6.92 Å². The van der Waals surface area contributed by atoms with E-state index in [0.29, 0.717) is 29.0 Å². The first-order valence-electron chi connectivity index (χ1n) is 10.4. The van der Waals surface area contributed by atoms with Crippen molar-refractivity contribution < 1.29 is 29.2 Å². The van der Waals surface area contributed by atoms with Crippen LogP contribution >= 0.6 is 0 Å². The molecule has 2 heterocycles. The van der Waals surface area contributed by atoms with Crippen LogP contribution in [0.2, 0.25) is 0 Å². The highest BCUT2D eigenvalue weighted by molar-refractivity contribution is 5.98. The van der Waals surface area contributed by atoms with Crippen molar-refractivity contribution in [1.29, 1.82) is 0 Å². The summed E-state index contributed by atoms with van der Waals surface area (Å²) in [7, 11) is 0. The maximum atomic E-state index is 12.7. The summed E-state index contributed by atoms with van der Waals surface area (Å²) in [4.78, 5) is 12.7. The van der Waals surface area contributed by atoms with E-state index in [2.05, 4.69) is 6.08 Å². The second-order valence-electron chi connectivity index (χ2n) is 9.06. The molecule has 0 saturated heterocycles. The maximum Gasteiger partial charge on any atom is 0.343 e. The largest absolute Gasteiger partial charge is 0.507 e. The summed E-state index contributed by atoms with van der Waals surface area (Å²) in [6, 6.07) is 7.12. The SMILES string of the molecule is CC(C)=CCc1ccc(O)c2c1[C@H](c1cc(C)cc3c1O[C@H](C(C)(C)O)CO3)OC2=O. The lowest BCUT2D eigenvalue weighted by molar-refractivity contribution is -0.0665. The van der Waals surface area contributed by atoms with Gasteiger partial charge in [-0.3, -0.25) is 0 Å². The number of hydrogen-bond donors (Lipinski definition) is 2. The molecule has 4 rings (SSSR count). The van der Waals surface area contributed by atoms with E-state index in [0.717, 1.165) is 16.7 Å². The number of rotatable bonds is 4. The Morgan fingerprint density at radius 1 is 1.23 bits per heavy atom. The molecular weight excluding hydrogens is 396 g/mol. The van der Waals surface area contributed by atoms with Crippen molar-refractivity contribution in [2.45, 2.75) is 58.8 Å². The van der Waals surface area contributed by atoms with Crippen LogP contribution in [0.5, 0.6) is 17.2 Å². The number of phenols is 1. The topological polar surface area (TPSA) is 85.2 Å². The molecule has 0 fully saturated rings. The predicted molar refractivity (Wildman–Crippen MR) is 116 cm³/mol. The summed E-state index contributed by atoms with van der Waals surface area (Å²) in [5.41, 5.74) is 3.34. The minimum atomic E-state index is -1.11. The van der Waals surface area contributed by atoms with E-state index < -0.39 is 23.8 Å². The van der Waals surface area contributed by atoms with E-state index in [-0.39, 0.29) is 17.9 Å². The van der Waals surface area contributed by atoms with E-state index in [4.69, 9.17) is 14.2 Å². The van der Waals surface area contributed by atoms with Crippen LogP contribution in [0.4, 0.5) is 0 Å². The Hall–Kier alpha value is -2.99. The fourth-order valence-corrected chi connectivity index (χ4v) is 3.99. The van der Waals surface area contributed by atoms with Gasteiger partial charge in [0.15, 0.2) is 23.7 Å². The number of aliphatic hydroxyl groups is 1. The van der Waals surface area contributed by atoms with Gasteiger partial charge in [0.1, 0.15) is 17.9 Å². The van der Waals surface area contributed by atoms with Crippen molar-refractivity contribution >= 4 is 5.97 Å². The molecule has 0 spiro atoms. The molecule has 2 aliphatic heterocycles. The summed E-state index contributed by atoms with van der Waals surface area (Å²) >= 11 is 0. The summed E-state index contributed by atoms with van der Waals surface area (Å²) in [5, 5.41) is 20.9. The highest BCUT2D eigenvalue weighted by Gasteiger charge is 2.41. The molecule has 2 aromatic carbocycles. The van der Waals surface area contributed by atoms with Crippen LogP contribution in [-0.2, 0) is 11.2 Å². The maximum absolute atomic E-state index is 12.7. The van der Waals surface area contributed by atoms with Gasteiger partial charge in [0.2, 0.25) is 0 Å². The smallest absolute Gasteiger partial charge is 0.343 e. The lowest BCUT2D eigenvalue weighted by Crippen LogP contribution is -2.46. The van der Waals surface area contributed by atoms with Crippen LogP contribution < -0.4 is 9.47 Å². The van der Waals surface area contributed by atoms with Crippen LogP contribution in [0.1, 0.15) is 66.4 Å². The van der Waals surface area contributed by atoms with E-state index >= 15 is 0 Å². The number of carbonyl (C=O) groups excluding carboxylic acids is 1. The van der Waals surface area contributed by atoms with Gasteiger partial charge in [0, 0.05) is 11.1 Å². The summed E-state index contributed by atoms with van der Waals surface area (Å²) in [5.74, 6) is 0.330. The minimum Gasteiger partial charge on any atom is -0.507 e. The number of aryl methyl sites for hydroxylation is 1. The van der Waals surface area contributed by atoms with Crippen LogP contribution in [-0.4, -0.2) is 34.5 Å². The Morgan fingerprint density at radius 3 is 2.65 bits per heavy atom. The van der Waals surface area contributed by atoms with Crippen molar-refractivity contribution in [2.75, 3.05) is 6.61 Å². The number of benzene rings is 2. The number of cyclic esters (lactones) is 1. The number of aromatic hydroxyl groups is 1. The molecule has 2 aromatic rings. The van der Waals surface area contributed by atoms with Gasteiger partial charge in [-0.15, -0.1) is 0 Å². The zero-order valence-electron chi connectivity index (χ0n) is 18.5. The molecule has 0 bridgehead atoms. The minimum absolute atomic E-state index is 0.100. The van der Waals surface area contributed by atoms with Crippen molar-refractivity contribution in [3.8, 4) is 17.2 Å². The van der Waals surface area contributed by atoms with Gasteiger partial charge in [0.05, 0.1) is 5.60 Å². The molecular formula is C25H28O6. The monoisotopic (exact) mass is 424 g/mol. The lowest BCUT2D eigenvalue weighted by Gasteiger charge is -2.35. The summed E-state index contributed by atoms with van der Waals surface area (Å²) < 4.78 is 17.9. The van der Waals surface area contributed by atoms with Gasteiger partial charge >= 0.3 is 5.97 Å². The average molecular weight is 424 g/mol. The average Bonchev–Trinajstić information content (AvgIpc) is 3.04. The molecule has 0 amide bonds.